The summed E-state index contributed by atoms with van der Waals surface area (Å²) in [7, 11) is 0. The first-order chi connectivity index (χ1) is 15.8. The molecule has 0 radical (unpaired) electrons. The Hall–Kier alpha value is -3.75. The molecule has 174 valence electrons. The fraction of sp³-hybridized carbons (Fsp3) is 0.250. The number of benzene rings is 2. The fourth-order valence-corrected chi connectivity index (χ4v) is 2.98. The van der Waals surface area contributed by atoms with Crippen molar-refractivity contribution in [1.82, 2.24) is 10.3 Å². The van der Waals surface area contributed by atoms with Crippen LogP contribution < -0.4 is 10.1 Å². The molecule has 0 fully saturated rings. The number of nitrogens with zero attached hydrogens (tertiary/aromatic N) is 1. The summed E-state index contributed by atoms with van der Waals surface area (Å²) in [4.78, 5) is 14.7. The zero-order valence-electron chi connectivity index (χ0n) is 17.6. The van der Waals surface area contributed by atoms with Crippen molar-refractivity contribution < 1.29 is 32.2 Å². The van der Waals surface area contributed by atoms with Crippen LogP contribution in [-0.2, 0) is 19.2 Å². The monoisotopic (exact) mass is 460 g/mol. The molecule has 0 spiro atoms. The van der Waals surface area contributed by atoms with Gasteiger partial charge in [-0.05, 0) is 60.7 Å². The number of hydrogen-bond donors (Lipinski definition) is 2. The van der Waals surface area contributed by atoms with E-state index >= 15 is 0 Å². The van der Waals surface area contributed by atoms with E-state index in [0.717, 1.165) is 37.0 Å². The van der Waals surface area contributed by atoms with Gasteiger partial charge in [0.05, 0.1) is 5.56 Å². The highest BCUT2D eigenvalue weighted by molar-refractivity contribution is 5.66. The molecule has 9 heteroatoms. The van der Waals surface area contributed by atoms with Crippen molar-refractivity contribution in [3.05, 3.63) is 83.1 Å². The minimum absolute atomic E-state index is 0.206. The second kappa shape index (κ2) is 11.2. The molecule has 1 heterocycles. The fourth-order valence-electron chi connectivity index (χ4n) is 2.98. The lowest BCUT2D eigenvalue weighted by atomic mass is 10.1. The summed E-state index contributed by atoms with van der Waals surface area (Å²) in [6, 6.07) is 12.4. The highest BCUT2D eigenvalue weighted by Gasteiger charge is 2.29. The third kappa shape index (κ3) is 8.03. The Bertz CT molecular complexity index is 1060. The molecule has 0 atom stereocenters. The second-order valence-corrected chi connectivity index (χ2v) is 7.25. The molecule has 0 unspecified atom stereocenters. The van der Waals surface area contributed by atoms with E-state index in [-0.39, 0.29) is 6.61 Å². The molecule has 2 aromatic carbocycles. The molecule has 2 N–H and O–H groups in total. The number of nitrogens with one attached hydrogen (secondary N) is 1. The number of hydrogen-bond acceptors (Lipinski definition) is 4. The zero-order valence-corrected chi connectivity index (χ0v) is 17.6. The number of aromatic nitrogens is 1. The van der Waals surface area contributed by atoms with Gasteiger partial charge in [0.2, 0.25) is 5.89 Å². The number of carboxylic acid groups (broad SMARTS) is 1. The van der Waals surface area contributed by atoms with Gasteiger partial charge in [-0.3, -0.25) is 0 Å². The first-order valence-electron chi connectivity index (χ1n) is 10.3. The summed E-state index contributed by atoms with van der Waals surface area (Å²) >= 11 is 0. The van der Waals surface area contributed by atoms with Gasteiger partial charge in [-0.25, -0.2) is 9.78 Å². The predicted molar refractivity (Wildman–Crippen MR) is 117 cm³/mol. The number of aryl methyl sites for hydroxylation is 1. The van der Waals surface area contributed by atoms with E-state index in [1.807, 2.05) is 24.3 Å². The molecule has 0 aliphatic carbocycles. The van der Waals surface area contributed by atoms with Gasteiger partial charge in [0.1, 0.15) is 24.3 Å². The van der Waals surface area contributed by atoms with Gasteiger partial charge in [0, 0.05) is 12.6 Å². The lowest BCUT2D eigenvalue weighted by Crippen LogP contribution is -2.21. The Morgan fingerprint density at radius 2 is 1.79 bits per heavy atom. The first-order valence-corrected chi connectivity index (χ1v) is 10.3. The summed E-state index contributed by atoms with van der Waals surface area (Å²) in [5, 5.41) is 10.9. The number of ether oxygens (including phenoxy) is 1. The molecular weight excluding hydrogens is 437 g/mol. The van der Waals surface area contributed by atoms with Gasteiger partial charge in [-0.2, -0.15) is 13.2 Å². The van der Waals surface area contributed by atoms with Crippen LogP contribution in [0.2, 0.25) is 0 Å². The smallest absolute Gasteiger partial charge is 0.416 e. The Morgan fingerprint density at radius 1 is 1.06 bits per heavy atom. The Labute approximate surface area is 188 Å². The highest BCUT2D eigenvalue weighted by atomic mass is 19.4. The number of carbonyl (C=O) groups is 1. The number of unbranched alkanes of at least 4 members (excludes halogenated alkanes) is 1. The van der Waals surface area contributed by atoms with Crippen molar-refractivity contribution in [3.63, 3.8) is 0 Å². The van der Waals surface area contributed by atoms with Crippen LogP contribution in [0.1, 0.15) is 41.1 Å². The molecule has 0 aliphatic rings. The summed E-state index contributed by atoms with van der Waals surface area (Å²) in [5.74, 6) is 0.998. The van der Waals surface area contributed by atoms with E-state index < -0.39 is 17.8 Å². The first kappa shape index (κ1) is 23.9. The van der Waals surface area contributed by atoms with Crippen LogP contribution in [-0.4, -0.2) is 22.7 Å². The van der Waals surface area contributed by atoms with E-state index in [2.05, 4.69) is 10.3 Å². The van der Waals surface area contributed by atoms with Crippen molar-refractivity contribution in [2.75, 3.05) is 6.54 Å². The van der Waals surface area contributed by atoms with Gasteiger partial charge >= 0.3 is 12.3 Å². The molecule has 33 heavy (non-hydrogen) atoms. The Kier molecular flexibility index (Phi) is 8.12. The molecule has 3 rings (SSSR count). The Balaban J connectivity index is 1.44. The van der Waals surface area contributed by atoms with Crippen LogP contribution in [0.4, 0.5) is 18.0 Å². The van der Waals surface area contributed by atoms with Gasteiger partial charge in [0.25, 0.3) is 0 Å². The lowest BCUT2D eigenvalue weighted by Gasteiger charge is -2.06. The topological polar surface area (TPSA) is 84.6 Å². The average Bonchev–Trinajstić information content (AvgIpc) is 3.24. The third-order valence-electron chi connectivity index (χ3n) is 4.70. The van der Waals surface area contributed by atoms with Gasteiger partial charge in [-0.15, -0.1) is 0 Å². The van der Waals surface area contributed by atoms with E-state index in [0.29, 0.717) is 29.4 Å². The number of oxazole rings is 1. The number of amides is 1. The molecule has 0 aliphatic heterocycles. The van der Waals surface area contributed by atoms with Gasteiger partial charge in [-0.1, -0.05) is 24.3 Å². The molecule has 3 aromatic rings. The second-order valence-electron chi connectivity index (χ2n) is 7.25. The standard InChI is InChI=1S/C24H23F3N2O4/c25-24(26,27)19-9-4-18(5-10-19)8-13-22-29-20(16-33-22)15-32-21-11-6-17(7-12-21)3-1-2-14-28-23(30)31/h4-13,16,28H,1-3,14-15H2,(H,30,31)/b13-8+. The van der Waals surface area contributed by atoms with Gasteiger partial charge in [0.15, 0.2) is 0 Å². The number of rotatable bonds is 10. The largest absolute Gasteiger partial charge is 0.487 e. The quantitative estimate of drug-likeness (QED) is 0.361. The third-order valence-corrected chi connectivity index (χ3v) is 4.70. The lowest BCUT2D eigenvalue weighted by molar-refractivity contribution is -0.137. The maximum atomic E-state index is 12.6. The van der Waals surface area contributed by atoms with Crippen LogP contribution in [0.3, 0.4) is 0 Å². The maximum Gasteiger partial charge on any atom is 0.416 e. The van der Waals surface area contributed by atoms with Crippen molar-refractivity contribution in [2.45, 2.75) is 32.0 Å². The van der Waals surface area contributed by atoms with E-state index in [9.17, 15) is 18.0 Å². The predicted octanol–water partition coefficient (Wildman–Crippen LogP) is 6.03. The summed E-state index contributed by atoms with van der Waals surface area (Å²) in [5.41, 5.74) is 1.61. The summed E-state index contributed by atoms with van der Waals surface area (Å²) < 4.78 is 48.9. The SMILES string of the molecule is O=C(O)NCCCCc1ccc(OCc2coc(/C=C/c3ccc(C(F)(F)F)cc3)n2)cc1. The van der Waals surface area contributed by atoms with Crippen LogP contribution in [0, 0.1) is 0 Å². The summed E-state index contributed by atoms with van der Waals surface area (Å²) in [6.07, 6.45) is 1.78. The van der Waals surface area contributed by atoms with Crippen LogP contribution in [0.25, 0.3) is 12.2 Å². The zero-order chi connectivity index (χ0) is 23.7. The van der Waals surface area contributed by atoms with Crippen molar-refractivity contribution in [2.24, 2.45) is 0 Å². The van der Waals surface area contributed by atoms with Crippen LogP contribution >= 0.6 is 0 Å². The molecular formula is C24H23F3N2O4. The average molecular weight is 460 g/mol. The number of alkyl halides is 3. The van der Waals surface area contributed by atoms with Crippen molar-refractivity contribution >= 4 is 18.2 Å². The molecule has 6 nitrogen and oxygen atoms in total. The van der Waals surface area contributed by atoms with Crippen molar-refractivity contribution in [3.8, 4) is 5.75 Å². The number of halogens is 3. The summed E-state index contributed by atoms with van der Waals surface area (Å²) in [6.45, 7) is 0.646. The van der Waals surface area contributed by atoms with Gasteiger partial charge < -0.3 is 19.6 Å². The molecule has 0 saturated heterocycles. The van der Waals surface area contributed by atoms with E-state index in [4.69, 9.17) is 14.3 Å². The minimum Gasteiger partial charge on any atom is -0.487 e. The van der Waals surface area contributed by atoms with E-state index in [1.165, 1.54) is 18.4 Å². The van der Waals surface area contributed by atoms with E-state index in [1.54, 1.807) is 12.2 Å². The van der Waals surface area contributed by atoms with Crippen molar-refractivity contribution in [1.29, 1.82) is 0 Å². The maximum absolute atomic E-state index is 12.6. The van der Waals surface area contributed by atoms with Crippen LogP contribution in [0.5, 0.6) is 5.75 Å². The normalized spacial score (nSPS) is 11.6. The highest BCUT2D eigenvalue weighted by Crippen LogP contribution is 2.29. The Morgan fingerprint density at radius 3 is 2.45 bits per heavy atom. The molecule has 0 bridgehead atoms. The molecule has 1 aromatic heterocycles. The van der Waals surface area contributed by atoms with Crippen LogP contribution in [0.15, 0.2) is 59.2 Å². The molecule has 0 saturated carbocycles. The minimum atomic E-state index is -4.36. The molecule has 1 amide bonds.